The average molecular weight is 510 g/mol. The van der Waals surface area contributed by atoms with Gasteiger partial charge in [0.05, 0.1) is 31.2 Å². The number of nitrogen functional groups attached to an aromatic ring is 1. The maximum Gasteiger partial charge on any atom is 0.278 e. The van der Waals surface area contributed by atoms with Crippen molar-refractivity contribution in [3.05, 3.63) is 70.1 Å². The van der Waals surface area contributed by atoms with Crippen LogP contribution in [0, 0.1) is 13.8 Å². The van der Waals surface area contributed by atoms with Crippen molar-refractivity contribution in [2.75, 3.05) is 38.6 Å². The van der Waals surface area contributed by atoms with E-state index in [2.05, 4.69) is 0 Å². The highest BCUT2D eigenvalue weighted by molar-refractivity contribution is 7.91. The first kappa shape index (κ1) is 24.4. The number of nitrogens with two attached hydrogens (primary N) is 1. The molecule has 10 heteroatoms. The molecule has 0 radical (unpaired) electrons. The van der Waals surface area contributed by atoms with Crippen LogP contribution in [0.25, 0.3) is 16.7 Å². The van der Waals surface area contributed by atoms with Gasteiger partial charge in [0.15, 0.2) is 0 Å². The molecule has 0 spiro atoms. The molecule has 0 bridgehead atoms. The number of quaternary nitrogens is 1. The van der Waals surface area contributed by atoms with Crippen LogP contribution >= 0.6 is 0 Å². The first-order valence-electron chi connectivity index (χ1n) is 12.1. The van der Waals surface area contributed by atoms with Gasteiger partial charge >= 0.3 is 0 Å². The van der Waals surface area contributed by atoms with Gasteiger partial charge in [-0.25, -0.2) is 13.0 Å². The Kier molecular flexibility index (Phi) is 6.50. The molecule has 4 aromatic rings. The fourth-order valence-corrected chi connectivity index (χ4v) is 6.17. The van der Waals surface area contributed by atoms with Gasteiger partial charge in [0.25, 0.3) is 11.2 Å². The van der Waals surface area contributed by atoms with Gasteiger partial charge in [-0.2, -0.15) is 0 Å². The molecule has 3 aromatic heterocycles. The van der Waals surface area contributed by atoms with Crippen LogP contribution in [-0.2, 0) is 21.1 Å². The Balaban J connectivity index is 1.69. The number of ether oxygens (including phenoxy) is 1. The minimum atomic E-state index is -3.97. The molecule has 0 aliphatic carbocycles. The minimum Gasteiger partial charge on any atom is -0.370 e. The molecule has 0 unspecified atom stereocenters. The van der Waals surface area contributed by atoms with E-state index in [1.54, 1.807) is 41.1 Å². The van der Waals surface area contributed by atoms with E-state index in [1.807, 2.05) is 19.9 Å². The maximum absolute atomic E-state index is 13.7. The van der Waals surface area contributed by atoms with Crippen LogP contribution in [0.4, 0.5) is 5.82 Å². The zero-order valence-electron chi connectivity index (χ0n) is 20.5. The summed E-state index contributed by atoms with van der Waals surface area (Å²) in [5, 5.41) is 0.219. The number of rotatable bonds is 6. The van der Waals surface area contributed by atoms with Crippen LogP contribution in [-0.4, -0.2) is 50.7 Å². The normalized spacial score (nSPS) is 15.1. The molecular weight excluding hydrogens is 478 g/mol. The minimum absolute atomic E-state index is 0.0796. The standard InChI is InChI=1S/C26H29N5O4S/c1-18-6-8-20(9-7-18)36(33,34)22-17-21-25(28-24-19(2)5-3-11-31(24)26(21)32)30(23(22)27)12-4-10-29-13-15-35-16-14-29/h3,5-9,11,17,27H,4,10,12-16H2,1-2H3/p+2. The molecule has 0 atom stereocenters. The van der Waals surface area contributed by atoms with Crippen LogP contribution in [0.3, 0.4) is 0 Å². The zero-order chi connectivity index (χ0) is 25.4. The van der Waals surface area contributed by atoms with Crippen LogP contribution in [0.1, 0.15) is 17.5 Å². The van der Waals surface area contributed by atoms with E-state index in [1.165, 1.54) is 15.4 Å². The number of nitrogens with one attached hydrogen (secondary N) is 1. The molecule has 36 heavy (non-hydrogen) atoms. The van der Waals surface area contributed by atoms with Crippen LogP contribution in [0.2, 0.25) is 0 Å². The number of benzene rings is 1. The summed E-state index contributed by atoms with van der Waals surface area (Å²) in [4.78, 5) is 19.8. The summed E-state index contributed by atoms with van der Waals surface area (Å²) >= 11 is 0. The van der Waals surface area contributed by atoms with Gasteiger partial charge < -0.3 is 15.4 Å². The third-order valence-electron chi connectivity index (χ3n) is 6.87. The summed E-state index contributed by atoms with van der Waals surface area (Å²) in [6.07, 6.45) is 2.40. The van der Waals surface area contributed by atoms with Gasteiger partial charge in [-0.3, -0.25) is 9.20 Å². The van der Waals surface area contributed by atoms with Crippen LogP contribution in [0.15, 0.2) is 63.2 Å². The van der Waals surface area contributed by atoms with E-state index >= 15 is 0 Å². The molecule has 1 aromatic carbocycles. The highest BCUT2D eigenvalue weighted by Crippen LogP contribution is 2.26. The van der Waals surface area contributed by atoms with Gasteiger partial charge in [-0.1, -0.05) is 28.7 Å². The molecule has 1 fully saturated rings. The lowest BCUT2D eigenvalue weighted by molar-refractivity contribution is -0.910. The molecule has 3 N–H and O–H groups in total. The molecule has 4 heterocycles. The fourth-order valence-electron chi connectivity index (χ4n) is 4.77. The molecule has 5 rings (SSSR count). The molecule has 1 saturated heterocycles. The van der Waals surface area contributed by atoms with Gasteiger partial charge in [0.2, 0.25) is 21.3 Å². The second-order valence-corrected chi connectivity index (χ2v) is 11.3. The largest absolute Gasteiger partial charge is 0.370 e. The Bertz CT molecular complexity index is 1610. The highest BCUT2D eigenvalue weighted by atomic mass is 32.2. The lowest BCUT2D eigenvalue weighted by Crippen LogP contribution is -3.14. The summed E-state index contributed by atoms with van der Waals surface area (Å²) in [6, 6.07) is 11.7. The zero-order valence-corrected chi connectivity index (χ0v) is 21.3. The number of hydrogen-bond donors (Lipinski definition) is 2. The van der Waals surface area contributed by atoms with Crippen molar-refractivity contribution in [3.8, 4) is 0 Å². The van der Waals surface area contributed by atoms with E-state index in [-0.39, 0.29) is 26.6 Å². The number of nitrogens with zero attached hydrogens (tertiary/aromatic N) is 3. The molecule has 9 nitrogen and oxygen atoms in total. The first-order valence-corrected chi connectivity index (χ1v) is 13.6. The summed E-state index contributed by atoms with van der Waals surface area (Å²) < 4.78 is 35.9. The smallest absolute Gasteiger partial charge is 0.278 e. The number of morpholine rings is 1. The second-order valence-electron chi connectivity index (χ2n) is 9.37. The van der Waals surface area contributed by atoms with E-state index in [0.717, 1.165) is 50.4 Å². The quantitative estimate of drug-likeness (QED) is 0.289. The van der Waals surface area contributed by atoms with Gasteiger partial charge in [-0.05, 0) is 38.1 Å². The maximum atomic E-state index is 13.7. The van der Waals surface area contributed by atoms with Crippen molar-refractivity contribution < 1.29 is 22.6 Å². The predicted molar refractivity (Wildman–Crippen MR) is 136 cm³/mol. The van der Waals surface area contributed by atoms with Crippen LogP contribution in [0.5, 0.6) is 0 Å². The van der Waals surface area contributed by atoms with Gasteiger partial charge in [0, 0.05) is 18.2 Å². The average Bonchev–Trinajstić information content (AvgIpc) is 2.87. The SMILES string of the molecule is Cc1ccc(S(=O)(=O)c2cc3c(=O)n4cccc(C)c4nc3[n+](CCC[NH+]3CCOCC3)c2N)cc1. The number of aromatic nitrogens is 3. The fraction of sp³-hybridized carbons (Fsp3) is 0.346. The van der Waals surface area contributed by atoms with E-state index in [9.17, 15) is 13.2 Å². The van der Waals surface area contributed by atoms with Gasteiger partial charge in [-0.15, -0.1) is 0 Å². The monoisotopic (exact) mass is 509 g/mol. The molecular formula is C26H31N5O4S+2. The lowest BCUT2D eigenvalue weighted by atomic mass is 10.2. The van der Waals surface area contributed by atoms with Crippen molar-refractivity contribution in [2.24, 2.45) is 0 Å². The Morgan fingerprint density at radius 3 is 2.58 bits per heavy atom. The number of anilines is 1. The Labute approximate surface area is 209 Å². The van der Waals surface area contributed by atoms with Crippen molar-refractivity contribution >= 4 is 32.3 Å². The topological polar surface area (TPSA) is 112 Å². The molecule has 0 amide bonds. The predicted octanol–water partition coefficient (Wildman–Crippen LogP) is 0.472. The summed E-state index contributed by atoms with van der Waals surface area (Å²) in [5.41, 5.74) is 8.95. The summed E-state index contributed by atoms with van der Waals surface area (Å²) in [6.45, 7) is 8.46. The van der Waals surface area contributed by atoms with E-state index < -0.39 is 9.84 Å². The van der Waals surface area contributed by atoms with Crippen molar-refractivity contribution in [1.29, 1.82) is 0 Å². The Morgan fingerprint density at radius 2 is 1.86 bits per heavy atom. The Morgan fingerprint density at radius 1 is 1.14 bits per heavy atom. The Hall–Kier alpha value is -3.34. The third kappa shape index (κ3) is 4.36. The molecule has 0 saturated carbocycles. The second kappa shape index (κ2) is 9.61. The van der Waals surface area contributed by atoms with Gasteiger partial charge in [0.1, 0.15) is 23.4 Å². The van der Waals surface area contributed by atoms with Crippen molar-refractivity contribution in [1.82, 2.24) is 9.38 Å². The third-order valence-corrected chi connectivity index (χ3v) is 8.67. The lowest BCUT2D eigenvalue weighted by Gasteiger charge is -2.23. The first-order chi connectivity index (χ1) is 17.3. The summed E-state index contributed by atoms with van der Waals surface area (Å²) in [5.74, 6) is 0.0879. The van der Waals surface area contributed by atoms with Crippen molar-refractivity contribution in [2.45, 2.75) is 36.6 Å². The molecule has 1 aliphatic rings. The number of sulfone groups is 1. The summed E-state index contributed by atoms with van der Waals surface area (Å²) in [7, 11) is -3.97. The molecule has 188 valence electrons. The highest BCUT2D eigenvalue weighted by Gasteiger charge is 2.29. The molecule has 1 aliphatic heterocycles. The number of hydrogen-bond acceptors (Lipinski definition) is 6. The van der Waals surface area contributed by atoms with E-state index in [4.69, 9.17) is 15.5 Å². The number of pyridine rings is 2. The number of fused-ring (bicyclic) bond motifs is 2. The van der Waals surface area contributed by atoms with Crippen molar-refractivity contribution in [3.63, 3.8) is 0 Å². The van der Waals surface area contributed by atoms with Crippen LogP contribution < -0.4 is 20.8 Å². The number of aryl methyl sites for hydroxylation is 3. The van der Waals surface area contributed by atoms with E-state index in [0.29, 0.717) is 17.8 Å².